The molecule has 0 bridgehead atoms. The number of rotatable bonds is 9. The Labute approximate surface area is 199 Å². The number of hydrogen-bond acceptors (Lipinski definition) is 7. The summed E-state index contributed by atoms with van der Waals surface area (Å²) >= 11 is 0.749. The molecule has 0 aromatic heterocycles. The lowest BCUT2D eigenvalue weighted by Crippen LogP contribution is -2.39. The topological polar surface area (TPSA) is 105 Å². The van der Waals surface area contributed by atoms with E-state index in [1.165, 1.54) is 37.8 Å². The predicted octanol–water partition coefficient (Wildman–Crippen LogP) is 3.88. The zero-order chi connectivity index (χ0) is 23.8. The van der Waals surface area contributed by atoms with Crippen LogP contribution in [0.1, 0.15) is 44.6 Å². The van der Waals surface area contributed by atoms with E-state index in [0.29, 0.717) is 6.04 Å². The summed E-state index contributed by atoms with van der Waals surface area (Å²) < 4.78 is 0. The monoisotopic (exact) mass is 468 g/mol. The van der Waals surface area contributed by atoms with Crippen molar-refractivity contribution in [3.8, 4) is 6.07 Å². The molecule has 2 aromatic rings. The third-order valence-corrected chi connectivity index (χ3v) is 7.09. The van der Waals surface area contributed by atoms with Gasteiger partial charge in [0.2, 0.25) is 5.12 Å². The zero-order valence-electron chi connectivity index (χ0n) is 19.0. The summed E-state index contributed by atoms with van der Waals surface area (Å²) in [7, 11) is 0. The SMILES string of the molecule is CCCC1CCCCN1c1ccc2cc(/C=C(\C#N)C(=O)SCC(O)C(O)CO)ccc2c1. The Balaban J connectivity index is 1.76. The average Bonchev–Trinajstić information content (AvgIpc) is 2.85. The number of nitriles is 1. The molecule has 176 valence electrons. The van der Waals surface area contributed by atoms with Gasteiger partial charge in [0.25, 0.3) is 0 Å². The number of thioether (sulfide) groups is 1. The number of benzene rings is 2. The van der Waals surface area contributed by atoms with Crippen LogP contribution in [0.3, 0.4) is 0 Å². The van der Waals surface area contributed by atoms with Crippen LogP contribution in [-0.4, -0.2) is 57.6 Å². The van der Waals surface area contributed by atoms with Gasteiger partial charge in [-0.25, -0.2) is 0 Å². The fourth-order valence-electron chi connectivity index (χ4n) is 4.27. The van der Waals surface area contributed by atoms with Crippen LogP contribution in [0.4, 0.5) is 5.69 Å². The highest BCUT2D eigenvalue weighted by molar-refractivity contribution is 8.14. The molecular weight excluding hydrogens is 436 g/mol. The second-order valence-electron chi connectivity index (χ2n) is 8.51. The Hall–Kier alpha value is -2.37. The second-order valence-corrected chi connectivity index (χ2v) is 9.50. The van der Waals surface area contributed by atoms with E-state index in [0.717, 1.165) is 34.6 Å². The van der Waals surface area contributed by atoms with Crippen molar-refractivity contribution in [2.24, 2.45) is 0 Å². The molecular formula is C26H32N2O4S. The van der Waals surface area contributed by atoms with Gasteiger partial charge in [0.1, 0.15) is 17.7 Å². The summed E-state index contributed by atoms with van der Waals surface area (Å²) in [5, 5.41) is 39.1. The number of anilines is 1. The van der Waals surface area contributed by atoms with Gasteiger partial charge in [0.05, 0.1) is 12.7 Å². The molecule has 3 unspecified atom stereocenters. The molecule has 1 aliphatic rings. The van der Waals surface area contributed by atoms with E-state index < -0.39 is 23.9 Å². The van der Waals surface area contributed by atoms with E-state index in [1.807, 2.05) is 24.3 Å². The minimum atomic E-state index is -1.31. The van der Waals surface area contributed by atoms with Crippen LogP contribution in [0.15, 0.2) is 42.0 Å². The van der Waals surface area contributed by atoms with E-state index in [-0.39, 0.29) is 11.3 Å². The van der Waals surface area contributed by atoms with Crippen molar-refractivity contribution >= 4 is 39.4 Å². The number of nitrogens with zero attached hydrogens (tertiary/aromatic N) is 2. The quantitative estimate of drug-likeness (QED) is 0.379. The molecule has 1 heterocycles. The highest BCUT2D eigenvalue weighted by Gasteiger charge is 2.22. The zero-order valence-corrected chi connectivity index (χ0v) is 19.8. The molecule has 2 aromatic carbocycles. The fraction of sp³-hybridized carbons (Fsp3) is 0.462. The molecule has 1 saturated heterocycles. The maximum absolute atomic E-state index is 12.4. The van der Waals surface area contributed by atoms with Gasteiger partial charge >= 0.3 is 0 Å². The molecule has 33 heavy (non-hydrogen) atoms. The molecule has 0 saturated carbocycles. The minimum absolute atomic E-state index is 0.0302. The number of piperidine rings is 1. The van der Waals surface area contributed by atoms with Crippen LogP contribution < -0.4 is 4.90 Å². The summed E-state index contributed by atoms with van der Waals surface area (Å²) in [5.41, 5.74) is 1.97. The molecule has 1 fully saturated rings. The Morgan fingerprint density at radius 1 is 1.21 bits per heavy atom. The van der Waals surface area contributed by atoms with Crippen LogP contribution in [0, 0.1) is 11.3 Å². The van der Waals surface area contributed by atoms with Crippen molar-refractivity contribution in [3.05, 3.63) is 47.5 Å². The molecule has 3 rings (SSSR count). The largest absolute Gasteiger partial charge is 0.394 e. The van der Waals surface area contributed by atoms with E-state index in [4.69, 9.17) is 5.11 Å². The molecule has 3 atom stereocenters. The standard InChI is InChI=1S/C26H32N2O4S/c1-2-5-22-6-3-4-11-28(22)23-10-9-19-12-18(7-8-20(19)14-23)13-21(15-27)26(32)33-17-25(31)24(30)16-29/h7-10,12-14,22,24-25,29-31H,2-6,11,16-17H2,1H3/b21-13+. The van der Waals surface area contributed by atoms with Crippen LogP contribution in [0.5, 0.6) is 0 Å². The lowest BCUT2D eigenvalue weighted by molar-refractivity contribution is -0.107. The first kappa shape index (κ1) is 25.3. The number of carbonyl (C=O) groups is 1. The number of aliphatic hydroxyl groups excluding tert-OH is 3. The molecule has 0 spiro atoms. The Kier molecular flexibility index (Phi) is 9.33. The predicted molar refractivity (Wildman–Crippen MR) is 134 cm³/mol. The van der Waals surface area contributed by atoms with E-state index in [9.17, 15) is 20.3 Å². The van der Waals surface area contributed by atoms with Gasteiger partial charge in [0, 0.05) is 24.0 Å². The van der Waals surface area contributed by atoms with Gasteiger partial charge in [-0.2, -0.15) is 5.26 Å². The maximum atomic E-state index is 12.4. The van der Waals surface area contributed by atoms with Crippen molar-refractivity contribution in [2.75, 3.05) is 23.8 Å². The van der Waals surface area contributed by atoms with Gasteiger partial charge in [-0.1, -0.05) is 43.3 Å². The van der Waals surface area contributed by atoms with E-state index in [1.54, 1.807) is 6.08 Å². The van der Waals surface area contributed by atoms with Gasteiger partial charge in [-0.05, 0) is 66.3 Å². The minimum Gasteiger partial charge on any atom is -0.394 e. The Morgan fingerprint density at radius 3 is 2.70 bits per heavy atom. The first-order valence-corrected chi connectivity index (χ1v) is 12.5. The van der Waals surface area contributed by atoms with Gasteiger partial charge in [-0.3, -0.25) is 4.79 Å². The van der Waals surface area contributed by atoms with Crippen molar-refractivity contribution in [1.29, 1.82) is 5.26 Å². The summed E-state index contributed by atoms with van der Waals surface area (Å²) in [4.78, 5) is 14.9. The smallest absolute Gasteiger partial charge is 0.230 e. The maximum Gasteiger partial charge on any atom is 0.230 e. The summed E-state index contributed by atoms with van der Waals surface area (Å²) in [5.74, 6) is -0.102. The number of aliphatic hydroxyl groups is 3. The fourth-order valence-corrected chi connectivity index (χ4v) is 5.07. The van der Waals surface area contributed by atoms with Crippen LogP contribution in [-0.2, 0) is 4.79 Å². The Bertz CT molecular complexity index is 1030. The third kappa shape index (κ3) is 6.58. The van der Waals surface area contributed by atoms with Crippen molar-refractivity contribution in [2.45, 2.75) is 57.3 Å². The molecule has 7 heteroatoms. The first-order valence-electron chi connectivity index (χ1n) is 11.5. The van der Waals surface area contributed by atoms with E-state index >= 15 is 0 Å². The van der Waals surface area contributed by atoms with Crippen molar-refractivity contribution in [3.63, 3.8) is 0 Å². The molecule has 6 nitrogen and oxygen atoms in total. The lowest BCUT2D eigenvalue weighted by atomic mass is 9.96. The van der Waals surface area contributed by atoms with Crippen molar-refractivity contribution < 1.29 is 20.1 Å². The number of hydrogen-bond donors (Lipinski definition) is 3. The highest BCUT2D eigenvalue weighted by Crippen LogP contribution is 2.30. The molecule has 0 amide bonds. The number of fused-ring (bicyclic) bond motifs is 1. The highest BCUT2D eigenvalue weighted by atomic mass is 32.2. The third-order valence-electron chi connectivity index (χ3n) is 6.10. The lowest BCUT2D eigenvalue weighted by Gasteiger charge is -2.37. The van der Waals surface area contributed by atoms with Gasteiger partial charge in [0.15, 0.2) is 0 Å². The van der Waals surface area contributed by atoms with Crippen LogP contribution >= 0.6 is 11.8 Å². The second kappa shape index (κ2) is 12.2. The van der Waals surface area contributed by atoms with Crippen LogP contribution in [0.25, 0.3) is 16.8 Å². The summed E-state index contributed by atoms with van der Waals surface area (Å²) in [6.45, 7) is 2.74. The summed E-state index contributed by atoms with van der Waals surface area (Å²) in [6.07, 6.45) is 5.14. The molecule has 0 aliphatic carbocycles. The molecule has 1 aliphatic heterocycles. The van der Waals surface area contributed by atoms with Gasteiger partial charge in [-0.15, -0.1) is 0 Å². The average molecular weight is 469 g/mol. The van der Waals surface area contributed by atoms with Crippen molar-refractivity contribution in [1.82, 2.24) is 0 Å². The van der Waals surface area contributed by atoms with Crippen LogP contribution in [0.2, 0.25) is 0 Å². The normalized spacial score (nSPS) is 18.7. The van der Waals surface area contributed by atoms with Gasteiger partial charge < -0.3 is 20.2 Å². The molecule has 0 radical (unpaired) electrons. The van der Waals surface area contributed by atoms with E-state index in [2.05, 4.69) is 30.0 Å². The number of carbonyl (C=O) groups excluding carboxylic acids is 1. The Morgan fingerprint density at radius 2 is 1.97 bits per heavy atom. The first-order chi connectivity index (χ1) is 16.0. The molecule has 3 N–H and O–H groups in total. The summed E-state index contributed by atoms with van der Waals surface area (Å²) in [6, 6.07) is 14.9.